The van der Waals surface area contributed by atoms with Crippen LogP contribution < -0.4 is 0 Å². The molecule has 184 valence electrons. The van der Waals surface area contributed by atoms with Gasteiger partial charge in [0.1, 0.15) is 0 Å². The van der Waals surface area contributed by atoms with Crippen LogP contribution in [0.1, 0.15) is 156 Å². The van der Waals surface area contributed by atoms with E-state index in [0.717, 1.165) is 0 Å². The van der Waals surface area contributed by atoms with Crippen molar-refractivity contribution in [1.82, 2.24) is 0 Å². The first kappa shape index (κ1) is 30.9. The molecular formula is C28H60BrP. The Kier molecular flexibility index (Phi) is 21.1. The SMILES string of the molecule is CCCCCCCCCP(Br)(CCCCC)(CCCCC)CCCCCCCCC. The zero-order valence-corrected chi connectivity index (χ0v) is 24.3. The summed E-state index contributed by atoms with van der Waals surface area (Å²) in [5.41, 5.74) is 0. The monoisotopic (exact) mass is 506 g/mol. The third-order valence-corrected chi connectivity index (χ3v) is 17.3. The fourth-order valence-electron chi connectivity index (χ4n) is 5.11. The van der Waals surface area contributed by atoms with Gasteiger partial charge in [0, 0.05) is 0 Å². The van der Waals surface area contributed by atoms with E-state index in [1.54, 1.807) is 12.3 Å². The molecule has 0 rings (SSSR count). The van der Waals surface area contributed by atoms with Crippen molar-refractivity contribution in [3.8, 4) is 0 Å². The van der Waals surface area contributed by atoms with Gasteiger partial charge in [-0.25, -0.2) is 0 Å². The average molecular weight is 508 g/mol. The maximum atomic E-state index is 4.67. The van der Waals surface area contributed by atoms with Crippen molar-refractivity contribution >= 4 is 20.8 Å². The number of unbranched alkanes of at least 4 members (excludes halogenated alkanes) is 16. The van der Waals surface area contributed by atoms with Crippen molar-refractivity contribution < 1.29 is 0 Å². The van der Waals surface area contributed by atoms with Gasteiger partial charge in [-0.1, -0.05) is 0 Å². The molecule has 0 nitrogen and oxygen atoms in total. The first-order valence-electron chi connectivity index (χ1n) is 14.3. The Balaban J connectivity index is 4.76. The molecule has 0 N–H and O–H groups in total. The molecule has 0 radical (unpaired) electrons. The normalized spacial score (nSPS) is 13.4. The molecule has 0 amide bonds. The van der Waals surface area contributed by atoms with Crippen molar-refractivity contribution in [3.05, 3.63) is 0 Å². The second-order valence-corrected chi connectivity index (χ2v) is 21.8. The number of halogens is 1. The van der Waals surface area contributed by atoms with E-state index in [4.69, 9.17) is 0 Å². The van der Waals surface area contributed by atoms with Crippen molar-refractivity contribution in [2.75, 3.05) is 24.6 Å². The summed E-state index contributed by atoms with van der Waals surface area (Å²) >= 11 is 4.67. The van der Waals surface area contributed by atoms with Gasteiger partial charge in [0.15, 0.2) is 0 Å². The molecule has 0 aromatic carbocycles. The molecule has 0 unspecified atom stereocenters. The van der Waals surface area contributed by atoms with Gasteiger partial charge >= 0.3 is 202 Å². The molecule has 0 bridgehead atoms. The maximum absolute atomic E-state index is 4.67. The van der Waals surface area contributed by atoms with Crippen LogP contribution in [0.15, 0.2) is 0 Å². The summed E-state index contributed by atoms with van der Waals surface area (Å²) in [7, 11) is 0. The summed E-state index contributed by atoms with van der Waals surface area (Å²) in [6.07, 6.45) is 35.0. The predicted octanol–water partition coefficient (Wildman–Crippen LogP) is 11.7. The molecule has 0 aromatic rings. The van der Waals surface area contributed by atoms with E-state index in [1.807, 2.05) is 0 Å². The summed E-state index contributed by atoms with van der Waals surface area (Å²) in [6, 6.07) is 0. The van der Waals surface area contributed by atoms with Gasteiger partial charge in [-0.2, -0.15) is 0 Å². The summed E-state index contributed by atoms with van der Waals surface area (Å²) in [5.74, 6) is 0. The van der Waals surface area contributed by atoms with Gasteiger partial charge in [0.05, 0.1) is 0 Å². The zero-order chi connectivity index (χ0) is 22.4. The fraction of sp³-hybridized carbons (Fsp3) is 1.00. The summed E-state index contributed by atoms with van der Waals surface area (Å²) < 4.78 is 0. The van der Waals surface area contributed by atoms with Crippen molar-refractivity contribution in [2.24, 2.45) is 0 Å². The third kappa shape index (κ3) is 16.5. The molecule has 0 fully saturated rings. The first-order valence-corrected chi connectivity index (χ1v) is 19.3. The Morgan fingerprint density at radius 1 is 0.333 bits per heavy atom. The topological polar surface area (TPSA) is 0 Å². The molecular weight excluding hydrogens is 447 g/mol. The average Bonchev–Trinajstić information content (AvgIpc) is 2.73. The van der Waals surface area contributed by atoms with Crippen LogP contribution in [-0.4, -0.2) is 24.6 Å². The van der Waals surface area contributed by atoms with Gasteiger partial charge in [0.2, 0.25) is 0 Å². The van der Waals surface area contributed by atoms with Gasteiger partial charge in [0.25, 0.3) is 0 Å². The Labute approximate surface area is 201 Å². The van der Waals surface area contributed by atoms with E-state index in [2.05, 4.69) is 43.2 Å². The molecule has 0 saturated carbocycles. The predicted molar refractivity (Wildman–Crippen MR) is 150 cm³/mol. The zero-order valence-electron chi connectivity index (χ0n) is 21.8. The molecule has 0 heterocycles. The molecule has 0 atom stereocenters. The Hall–Kier alpha value is 0.910. The van der Waals surface area contributed by atoms with Gasteiger partial charge in [-0.3, -0.25) is 0 Å². The first-order chi connectivity index (χ1) is 14.5. The molecule has 30 heavy (non-hydrogen) atoms. The van der Waals surface area contributed by atoms with E-state index in [1.165, 1.54) is 141 Å². The van der Waals surface area contributed by atoms with Crippen molar-refractivity contribution in [3.63, 3.8) is 0 Å². The second kappa shape index (κ2) is 20.5. The van der Waals surface area contributed by atoms with Gasteiger partial charge in [-0.05, 0) is 0 Å². The molecule has 0 spiro atoms. The van der Waals surface area contributed by atoms with Crippen LogP contribution in [0.25, 0.3) is 0 Å². The second-order valence-electron chi connectivity index (χ2n) is 10.4. The molecule has 0 aliphatic rings. The Morgan fingerprint density at radius 3 is 0.833 bits per heavy atom. The van der Waals surface area contributed by atoms with Crippen molar-refractivity contribution in [1.29, 1.82) is 0 Å². The molecule has 0 aliphatic heterocycles. The van der Waals surface area contributed by atoms with Crippen LogP contribution in [0.5, 0.6) is 0 Å². The van der Waals surface area contributed by atoms with E-state index >= 15 is 0 Å². The minimum absolute atomic E-state index is 1.36. The van der Waals surface area contributed by atoms with Crippen LogP contribution in [0, 0.1) is 0 Å². The van der Waals surface area contributed by atoms with Crippen LogP contribution in [0.2, 0.25) is 0 Å². The molecule has 2 heteroatoms. The van der Waals surface area contributed by atoms with Crippen LogP contribution in [-0.2, 0) is 0 Å². The van der Waals surface area contributed by atoms with Gasteiger partial charge in [-0.15, -0.1) is 0 Å². The third-order valence-electron chi connectivity index (χ3n) is 7.28. The van der Waals surface area contributed by atoms with Crippen LogP contribution in [0.4, 0.5) is 0 Å². The van der Waals surface area contributed by atoms with E-state index < -0.39 is 5.31 Å². The van der Waals surface area contributed by atoms with E-state index in [-0.39, 0.29) is 0 Å². The number of hydrogen-bond donors (Lipinski definition) is 0. The minimum atomic E-state index is -1.70. The standard InChI is InChI=1S/C28H60BrP/c1-5-9-13-15-17-19-23-27-30(29,25-21-11-7-3,26-22-12-8-4)28-24-20-18-16-14-10-6-2/h5-28H2,1-4H3. The molecule has 0 aliphatic carbocycles. The Morgan fingerprint density at radius 2 is 0.533 bits per heavy atom. The Bertz CT molecular complexity index is 323. The molecule has 0 saturated heterocycles. The van der Waals surface area contributed by atoms with Crippen LogP contribution >= 0.6 is 20.8 Å². The van der Waals surface area contributed by atoms with Gasteiger partial charge < -0.3 is 0 Å². The van der Waals surface area contributed by atoms with Crippen LogP contribution in [0.3, 0.4) is 0 Å². The molecule has 0 aromatic heterocycles. The fourth-order valence-corrected chi connectivity index (χ4v) is 13.5. The van der Waals surface area contributed by atoms with E-state index in [0.29, 0.717) is 0 Å². The van der Waals surface area contributed by atoms with Crippen molar-refractivity contribution in [2.45, 2.75) is 156 Å². The summed E-state index contributed by atoms with van der Waals surface area (Å²) in [6.45, 7) is 9.38. The number of rotatable bonds is 24. The quantitative estimate of drug-likeness (QED) is 0.0900. The van der Waals surface area contributed by atoms with E-state index in [9.17, 15) is 0 Å². The summed E-state index contributed by atoms with van der Waals surface area (Å²) in [4.78, 5) is 0. The number of hydrogen-bond acceptors (Lipinski definition) is 0. The summed E-state index contributed by atoms with van der Waals surface area (Å²) in [5, 5.41) is -1.70.